The second-order valence-corrected chi connectivity index (χ2v) is 6.42. The molecule has 0 radical (unpaired) electrons. The van der Waals surface area contributed by atoms with E-state index in [1.165, 1.54) is 18.4 Å². The van der Waals surface area contributed by atoms with Gasteiger partial charge in [0, 0.05) is 26.2 Å². The van der Waals surface area contributed by atoms with Crippen molar-refractivity contribution < 1.29 is 19.1 Å². The number of esters is 1. The number of hydrogen-bond donors (Lipinski definition) is 2. The third-order valence-corrected chi connectivity index (χ3v) is 4.49. The lowest BCUT2D eigenvalue weighted by atomic mass is 10.3. The third kappa shape index (κ3) is 5.02. The fraction of sp³-hybridized carbons (Fsp3) is 0.533. The zero-order valence-corrected chi connectivity index (χ0v) is 14.6. The van der Waals surface area contributed by atoms with E-state index in [-0.39, 0.29) is 24.9 Å². The van der Waals surface area contributed by atoms with Gasteiger partial charge in [0.25, 0.3) is 0 Å². The lowest BCUT2D eigenvalue weighted by molar-refractivity contribution is -0.133. The van der Waals surface area contributed by atoms with E-state index in [1.54, 1.807) is 28.3 Å². The van der Waals surface area contributed by atoms with Gasteiger partial charge in [0.15, 0.2) is 0 Å². The minimum absolute atomic E-state index is 0.0117. The van der Waals surface area contributed by atoms with Crippen molar-refractivity contribution in [2.75, 3.05) is 58.7 Å². The molecule has 0 atom stereocenters. The normalized spacial score (nSPS) is 14.5. The number of carbonyl (C=O) groups is 3. The number of likely N-dealkylation sites (N-methyl/N-ethyl adjacent to an activating group) is 1. The second kappa shape index (κ2) is 8.76. The van der Waals surface area contributed by atoms with Crippen LogP contribution in [0.4, 0.5) is 5.69 Å². The van der Waals surface area contributed by atoms with E-state index in [2.05, 4.69) is 15.4 Å². The van der Waals surface area contributed by atoms with Crippen LogP contribution in [0.3, 0.4) is 0 Å². The van der Waals surface area contributed by atoms with Crippen LogP contribution in [0.15, 0.2) is 11.4 Å². The molecule has 1 saturated heterocycles. The van der Waals surface area contributed by atoms with Crippen LogP contribution in [-0.4, -0.2) is 81.0 Å². The number of piperazine rings is 1. The predicted octanol–water partition coefficient (Wildman–Crippen LogP) is -0.163. The summed E-state index contributed by atoms with van der Waals surface area (Å²) in [5.74, 6) is -0.755. The third-order valence-electron chi connectivity index (χ3n) is 3.60. The molecule has 0 aliphatic carbocycles. The minimum atomic E-state index is -0.484. The molecule has 9 heteroatoms. The lowest BCUT2D eigenvalue weighted by Crippen LogP contribution is -2.49. The van der Waals surface area contributed by atoms with Gasteiger partial charge in [-0.15, -0.1) is 11.3 Å². The van der Waals surface area contributed by atoms with Gasteiger partial charge in [-0.25, -0.2) is 4.79 Å². The number of nitrogens with one attached hydrogen (secondary N) is 2. The van der Waals surface area contributed by atoms with Crippen LogP contribution >= 0.6 is 11.3 Å². The molecule has 1 aromatic heterocycles. The predicted molar refractivity (Wildman–Crippen MR) is 91.2 cm³/mol. The van der Waals surface area contributed by atoms with E-state index in [9.17, 15) is 14.4 Å². The number of nitrogens with zero attached hydrogens (tertiary/aromatic N) is 2. The molecule has 1 aliphatic heterocycles. The maximum absolute atomic E-state index is 12.2. The second-order valence-electron chi connectivity index (χ2n) is 5.51. The average molecular weight is 354 g/mol. The molecule has 1 aromatic rings. The van der Waals surface area contributed by atoms with Crippen LogP contribution in [0.25, 0.3) is 0 Å². The molecule has 2 rings (SSSR count). The van der Waals surface area contributed by atoms with Gasteiger partial charge in [-0.1, -0.05) is 0 Å². The Morgan fingerprint density at radius 1 is 1.33 bits per heavy atom. The number of methoxy groups -OCH3 is 1. The Balaban J connectivity index is 1.82. The molecule has 0 spiro atoms. The van der Waals surface area contributed by atoms with E-state index in [1.807, 2.05) is 0 Å². The highest BCUT2D eigenvalue weighted by atomic mass is 32.1. The van der Waals surface area contributed by atoms with Crippen molar-refractivity contribution in [1.82, 2.24) is 15.1 Å². The molecule has 0 bridgehead atoms. The Kier molecular flexibility index (Phi) is 6.71. The van der Waals surface area contributed by atoms with Crippen molar-refractivity contribution in [2.45, 2.75) is 0 Å². The topological polar surface area (TPSA) is 91.0 Å². The maximum Gasteiger partial charge on any atom is 0.350 e. The van der Waals surface area contributed by atoms with Crippen molar-refractivity contribution in [3.63, 3.8) is 0 Å². The van der Waals surface area contributed by atoms with Crippen LogP contribution < -0.4 is 10.6 Å². The zero-order valence-electron chi connectivity index (χ0n) is 13.8. The highest BCUT2D eigenvalue weighted by Crippen LogP contribution is 2.22. The summed E-state index contributed by atoms with van der Waals surface area (Å²) in [5.41, 5.74) is 0.429. The van der Waals surface area contributed by atoms with Crippen LogP contribution in [0.1, 0.15) is 9.67 Å². The van der Waals surface area contributed by atoms with Crippen molar-refractivity contribution in [2.24, 2.45) is 0 Å². The Morgan fingerprint density at radius 2 is 2.04 bits per heavy atom. The standard InChI is InChI=1S/C15H22N4O4S/c1-18(10-13(21)19-6-4-16-5-7-19)9-12(20)17-11-3-8-24-14(11)15(22)23-2/h3,8,16H,4-7,9-10H2,1-2H3,(H,17,20). The van der Waals surface area contributed by atoms with Crippen molar-refractivity contribution in [1.29, 1.82) is 0 Å². The molecule has 132 valence electrons. The quantitative estimate of drug-likeness (QED) is 0.690. The van der Waals surface area contributed by atoms with E-state index in [0.717, 1.165) is 13.1 Å². The first-order valence-electron chi connectivity index (χ1n) is 7.64. The first-order chi connectivity index (χ1) is 11.5. The Bertz CT molecular complexity index is 598. The molecule has 24 heavy (non-hydrogen) atoms. The number of rotatable bonds is 6. The van der Waals surface area contributed by atoms with Gasteiger partial charge in [0.05, 0.1) is 25.9 Å². The number of hydrogen-bond acceptors (Lipinski definition) is 7. The number of ether oxygens (including phenoxy) is 1. The molecule has 2 amide bonds. The summed E-state index contributed by atoms with van der Waals surface area (Å²) in [7, 11) is 3.01. The fourth-order valence-corrected chi connectivity index (χ4v) is 3.16. The minimum Gasteiger partial charge on any atom is -0.465 e. The van der Waals surface area contributed by atoms with Gasteiger partial charge in [-0.3, -0.25) is 14.5 Å². The molecule has 2 N–H and O–H groups in total. The summed E-state index contributed by atoms with van der Waals surface area (Å²) < 4.78 is 4.67. The molecular formula is C15H22N4O4S. The van der Waals surface area contributed by atoms with Gasteiger partial charge in [0.1, 0.15) is 4.88 Å². The van der Waals surface area contributed by atoms with Gasteiger partial charge in [-0.05, 0) is 18.5 Å². The van der Waals surface area contributed by atoms with Crippen molar-refractivity contribution in [3.05, 3.63) is 16.3 Å². The molecular weight excluding hydrogens is 332 g/mol. The Labute approximate surface area is 144 Å². The monoisotopic (exact) mass is 354 g/mol. The highest BCUT2D eigenvalue weighted by molar-refractivity contribution is 7.12. The van der Waals surface area contributed by atoms with Gasteiger partial charge in [-0.2, -0.15) is 0 Å². The number of thiophene rings is 1. The first kappa shape index (κ1) is 18.4. The first-order valence-corrected chi connectivity index (χ1v) is 8.52. The molecule has 0 unspecified atom stereocenters. The molecule has 8 nitrogen and oxygen atoms in total. The summed E-state index contributed by atoms with van der Waals surface area (Å²) in [4.78, 5) is 39.7. The van der Waals surface area contributed by atoms with Gasteiger partial charge >= 0.3 is 5.97 Å². The largest absolute Gasteiger partial charge is 0.465 e. The van der Waals surface area contributed by atoms with Crippen LogP contribution in [-0.2, 0) is 14.3 Å². The Hall–Kier alpha value is -1.97. The molecule has 2 heterocycles. The summed E-state index contributed by atoms with van der Waals surface area (Å²) in [5, 5.41) is 7.58. The molecule has 0 saturated carbocycles. The summed E-state index contributed by atoms with van der Waals surface area (Å²) >= 11 is 1.20. The summed E-state index contributed by atoms with van der Waals surface area (Å²) in [6.45, 7) is 3.22. The average Bonchev–Trinajstić information content (AvgIpc) is 3.02. The van der Waals surface area contributed by atoms with Crippen molar-refractivity contribution in [3.8, 4) is 0 Å². The maximum atomic E-state index is 12.2. The van der Waals surface area contributed by atoms with Crippen LogP contribution in [0.2, 0.25) is 0 Å². The summed E-state index contributed by atoms with van der Waals surface area (Å²) in [6.07, 6.45) is 0. The molecule has 1 aliphatic rings. The highest BCUT2D eigenvalue weighted by Gasteiger charge is 2.20. The molecule has 1 fully saturated rings. The van der Waals surface area contributed by atoms with Gasteiger partial charge < -0.3 is 20.3 Å². The number of amides is 2. The SMILES string of the molecule is COC(=O)c1sccc1NC(=O)CN(C)CC(=O)N1CCNCC1. The van der Waals surface area contributed by atoms with Crippen molar-refractivity contribution >= 4 is 34.8 Å². The fourth-order valence-electron chi connectivity index (χ4n) is 2.39. The lowest BCUT2D eigenvalue weighted by Gasteiger charge is -2.29. The molecule has 0 aromatic carbocycles. The van der Waals surface area contributed by atoms with E-state index in [4.69, 9.17) is 0 Å². The van der Waals surface area contributed by atoms with Gasteiger partial charge in [0.2, 0.25) is 11.8 Å². The van der Waals surface area contributed by atoms with Crippen LogP contribution in [0, 0.1) is 0 Å². The van der Waals surface area contributed by atoms with E-state index >= 15 is 0 Å². The zero-order chi connectivity index (χ0) is 17.5. The number of anilines is 1. The smallest absolute Gasteiger partial charge is 0.350 e. The Morgan fingerprint density at radius 3 is 2.71 bits per heavy atom. The van der Waals surface area contributed by atoms with E-state index in [0.29, 0.717) is 23.7 Å². The summed E-state index contributed by atoms with van der Waals surface area (Å²) in [6, 6.07) is 1.65. The number of carbonyl (C=O) groups excluding carboxylic acids is 3. The van der Waals surface area contributed by atoms with Crippen LogP contribution in [0.5, 0.6) is 0 Å². The van der Waals surface area contributed by atoms with E-state index < -0.39 is 5.97 Å².